The number of benzene rings is 1. The SMILES string of the molecule is CCOc1cccc(OCCCC(=O)N(C)N)c1. The molecule has 5 heteroatoms. The summed E-state index contributed by atoms with van der Waals surface area (Å²) in [5.41, 5.74) is 0. The number of ether oxygens (including phenoxy) is 2. The molecule has 0 aliphatic heterocycles. The molecule has 0 spiro atoms. The van der Waals surface area contributed by atoms with Gasteiger partial charge in [-0.25, -0.2) is 5.84 Å². The van der Waals surface area contributed by atoms with Gasteiger partial charge in [0.05, 0.1) is 13.2 Å². The second-order valence-corrected chi connectivity index (χ2v) is 3.86. The van der Waals surface area contributed by atoms with Crippen molar-refractivity contribution in [2.75, 3.05) is 20.3 Å². The zero-order valence-corrected chi connectivity index (χ0v) is 10.9. The standard InChI is InChI=1S/C13H20N2O3/c1-3-17-11-6-4-7-12(10-11)18-9-5-8-13(16)15(2)14/h4,6-7,10H,3,5,8-9,14H2,1-2H3. The Bertz CT molecular complexity index is 380. The minimum absolute atomic E-state index is 0.0957. The molecule has 0 aliphatic carbocycles. The van der Waals surface area contributed by atoms with Gasteiger partial charge in [-0.05, 0) is 25.5 Å². The summed E-state index contributed by atoms with van der Waals surface area (Å²) in [6.45, 7) is 3.04. The molecule has 0 aliphatic rings. The first-order valence-electron chi connectivity index (χ1n) is 6.00. The van der Waals surface area contributed by atoms with E-state index in [1.165, 1.54) is 7.05 Å². The normalized spacial score (nSPS) is 9.94. The molecule has 1 rings (SSSR count). The lowest BCUT2D eigenvalue weighted by Crippen LogP contribution is -2.33. The van der Waals surface area contributed by atoms with Gasteiger partial charge in [0, 0.05) is 19.5 Å². The molecule has 0 saturated heterocycles. The second kappa shape index (κ2) is 7.55. The van der Waals surface area contributed by atoms with E-state index in [4.69, 9.17) is 15.3 Å². The van der Waals surface area contributed by atoms with Crippen molar-refractivity contribution in [3.8, 4) is 11.5 Å². The van der Waals surface area contributed by atoms with Gasteiger partial charge in [0.25, 0.3) is 0 Å². The zero-order valence-electron chi connectivity index (χ0n) is 10.9. The van der Waals surface area contributed by atoms with Gasteiger partial charge in [0.2, 0.25) is 5.91 Å². The van der Waals surface area contributed by atoms with E-state index in [1.807, 2.05) is 31.2 Å². The zero-order chi connectivity index (χ0) is 13.4. The van der Waals surface area contributed by atoms with Crippen molar-refractivity contribution in [3.05, 3.63) is 24.3 Å². The molecule has 100 valence electrons. The number of amides is 1. The molecule has 0 atom stereocenters. The van der Waals surface area contributed by atoms with Crippen LogP contribution in [0.5, 0.6) is 11.5 Å². The Hall–Kier alpha value is -1.75. The monoisotopic (exact) mass is 252 g/mol. The lowest BCUT2D eigenvalue weighted by Gasteiger charge is -2.10. The lowest BCUT2D eigenvalue weighted by molar-refractivity contribution is -0.130. The van der Waals surface area contributed by atoms with Crippen LogP contribution in [0.4, 0.5) is 0 Å². The molecule has 2 N–H and O–H groups in total. The highest BCUT2D eigenvalue weighted by Gasteiger charge is 2.04. The average molecular weight is 252 g/mol. The van der Waals surface area contributed by atoms with Crippen LogP contribution in [-0.4, -0.2) is 31.2 Å². The largest absolute Gasteiger partial charge is 0.494 e. The number of hydrogen-bond donors (Lipinski definition) is 1. The molecular weight excluding hydrogens is 232 g/mol. The highest BCUT2D eigenvalue weighted by atomic mass is 16.5. The first-order valence-corrected chi connectivity index (χ1v) is 6.00. The van der Waals surface area contributed by atoms with Gasteiger partial charge in [-0.1, -0.05) is 6.07 Å². The fourth-order valence-electron chi connectivity index (χ4n) is 1.41. The number of carbonyl (C=O) groups is 1. The summed E-state index contributed by atoms with van der Waals surface area (Å²) in [5.74, 6) is 6.74. The van der Waals surface area contributed by atoms with Crippen LogP contribution < -0.4 is 15.3 Å². The topological polar surface area (TPSA) is 64.8 Å². The fourth-order valence-corrected chi connectivity index (χ4v) is 1.41. The first kappa shape index (κ1) is 14.3. The van der Waals surface area contributed by atoms with E-state index in [0.29, 0.717) is 26.1 Å². The third-order valence-corrected chi connectivity index (χ3v) is 2.31. The predicted octanol–water partition coefficient (Wildman–Crippen LogP) is 1.58. The van der Waals surface area contributed by atoms with Gasteiger partial charge in [-0.3, -0.25) is 9.80 Å². The Morgan fingerprint density at radius 1 is 1.33 bits per heavy atom. The molecule has 0 bridgehead atoms. The van der Waals surface area contributed by atoms with Gasteiger partial charge in [0.1, 0.15) is 11.5 Å². The molecule has 0 radical (unpaired) electrons. The van der Waals surface area contributed by atoms with Crippen LogP contribution in [0.25, 0.3) is 0 Å². The third-order valence-electron chi connectivity index (χ3n) is 2.31. The molecule has 0 aromatic heterocycles. The maximum atomic E-state index is 11.2. The van der Waals surface area contributed by atoms with Crippen LogP contribution in [0, 0.1) is 0 Å². The van der Waals surface area contributed by atoms with E-state index in [1.54, 1.807) is 0 Å². The van der Waals surface area contributed by atoms with Gasteiger partial charge in [-0.2, -0.15) is 0 Å². The number of carbonyl (C=O) groups excluding carboxylic acids is 1. The van der Waals surface area contributed by atoms with E-state index < -0.39 is 0 Å². The summed E-state index contributed by atoms with van der Waals surface area (Å²) < 4.78 is 10.9. The molecule has 1 amide bonds. The highest BCUT2D eigenvalue weighted by molar-refractivity contribution is 5.75. The third kappa shape index (κ3) is 5.05. The average Bonchev–Trinajstić information content (AvgIpc) is 2.35. The molecule has 0 saturated carbocycles. The first-order chi connectivity index (χ1) is 8.63. The van der Waals surface area contributed by atoms with Gasteiger partial charge < -0.3 is 9.47 Å². The van der Waals surface area contributed by atoms with Gasteiger partial charge in [-0.15, -0.1) is 0 Å². The van der Waals surface area contributed by atoms with Crippen LogP contribution in [0.3, 0.4) is 0 Å². The Balaban J connectivity index is 2.30. The van der Waals surface area contributed by atoms with Crippen molar-refractivity contribution >= 4 is 5.91 Å². The van der Waals surface area contributed by atoms with Gasteiger partial charge in [0.15, 0.2) is 0 Å². The van der Waals surface area contributed by atoms with E-state index in [9.17, 15) is 4.79 Å². The quantitative estimate of drug-likeness (QED) is 0.346. The fraction of sp³-hybridized carbons (Fsp3) is 0.462. The molecule has 1 aromatic carbocycles. The second-order valence-electron chi connectivity index (χ2n) is 3.86. The Morgan fingerprint density at radius 2 is 2.00 bits per heavy atom. The molecular formula is C13H20N2O3. The lowest BCUT2D eigenvalue weighted by atomic mass is 10.3. The van der Waals surface area contributed by atoms with Crippen LogP contribution >= 0.6 is 0 Å². The summed E-state index contributed by atoms with van der Waals surface area (Å²) in [7, 11) is 1.54. The van der Waals surface area contributed by atoms with Crippen molar-refractivity contribution < 1.29 is 14.3 Å². The Kier molecular flexibility index (Phi) is 6.00. The van der Waals surface area contributed by atoms with Crippen molar-refractivity contribution in [3.63, 3.8) is 0 Å². The minimum atomic E-state index is -0.0957. The van der Waals surface area contributed by atoms with Crippen LogP contribution in [0.15, 0.2) is 24.3 Å². The van der Waals surface area contributed by atoms with Crippen LogP contribution in [-0.2, 0) is 4.79 Å². The summed E-state index contributed by atoms with van der Waals surface area (Å²) in [6, 6.07) is 7.45. The van der Waals surface area contributed by atoms with E-state index in [0.717, 1.165) is 16.5 Å². The number of nitrogens with zero attached hydrogens (tertiary/aromatic N) is 1. The highest BCUT2D eigenvalue weighted by Crippen LogP contribution is 2.19. The molecule has 0 unspecified atom stereocenters. The number of rotatable bonds is 7. The van der Waals surface area contributed by atoms with Crippen molar-refractivity contribution in [2.24, 2.45) is 5.84 Å². The van der Waals surface area contributed by atoms with E-state index >= 15 is 0 Å². The summed E-state index contributed by atoms with van der Waals surface area (Å²) in [4.78, 5) is 11.2. The molecule has 18 heavy (non-hydrogen) atoms. The van der Waals surface area contributed by atoms with Crippen molar-refractivity contribution in [2.45, 2.75) is 19.8 Å². The molecule has 0 heterocycles. The predicted molar refractivity (Wildman–Crippen MR) is 69.3 cm³/mol. The Labute approximate surface area is 107 Å². The van der Waals surface area contributed by atoms with Crippen molar-refractivity contribution in [1.29, 1.82) is 0 Å². The summed E-state index contributed by atoms with van der Waals surface area (Å²) in [6.07, 6.45) is 1.03. The number of hydrazine groups is 1. The minimum Gasteiger partial charge on any atom is -0.494 e. The summed E-state index contributed by atoms with van der Waals surface area (Å²) >= 11 is 0. The molecule has 0 fully saturated rings. The smallest absolute Gasteiger partial charge is 0.236 e. The van der Waals surface area contributed by atoms with Gasteiger partial charge >= 0.3 is 0 Å². The maximum Gasteiger partial charge on any atom is 0.236 e. The van der Waals surface area contributed by atoms with Crippen LogP contribution in [0.2, 0.25) is 0 Å². The van der Waals surface area contributed by atoms with Crippen molar-refractivity contribution in [1.82, 2.24) is 5.01 Å². The number of nitrogens with two attached hydrogens (primary N) is 1. The maximum absolute atomic E-state index is 11.2. The van der Waals surface area contributed by atoms with E-state index in [-0.39, 0.29) is 5.91 Å². The summed E-state index contributed by atoms with van der Waals surface area (Å²) in [5, 5.41) is 1.09. The molecule has 1 aromatic rings. The van der Waals surface area contributed by atoms with Crippen LogP contribution in [0.1, 0.15) is 19.8 Å². The Morgan fingerprint density at radius 3 is 2.61 bits per heavy atom. The molecule has 5 nitrogen and oxygen atoms in total. The number of hydrogen-bond acceptors (Lipinski definition) is 4. The van der Waals surface area contributed by atoms with E-state index in [2.05, 4.69) is 0 Å².